The smallest absolute Gasteiger partial charge is 0.139 e. The summed E-state index contributed by atoms with van der Waals surface area (Å²) in [6, 6.07) is 8.42. The van der Waals surface area contributed by atoms with Gasteiger partial charge in [0.2, 0.25) is 0 Å². The van der Waals surface area contributed by atoms with Gasteiger partial charge in [0.25, 0.3) is 0 Å². The van der Waals surface area contributed by atoms with Crippen LogP contribution in [0.3, 0.4) is 0 Å². The van der Waals surface area contributed by atoms with E-state index in [1.165, 1.54) is 24.0 Å². The lowest BCUT2D eigenvalue weighted by Gasteiger charge is -2.06. The minimum atomic E-state index is 0.152. The van der Waals surface area contributed by atoms with Crippen molar-refractivity contribution >= 4 is 11.9 Å². The quantitative estimate of drug-likeness (QED) is 0.695. The molecule has 90 valence electrons. The summed E-state index contributed by atoms with van der Waals surface area (Å²) >= 11 is 0. The predicted molar refractivity (Wildman–Crippen MR) is 71.8 cm³/mol. The van der Waals surface area contributed by atoms with E-state index in [2.05, 4.69) is 43.3 Å². The first-order valence-corrected chi connectivity index (χ1v) is 6.53. The molecule has 0 saturated heterocycles. The van der Waals surface area contributed by atoms with Crippen LogP contribution in [0.4, 0.5) is 0 Å². The third-order valence-electron chi connectivity index (χ3n) is 3.45. The number of allylic oxidation sites excluding steroid dienone is 1. The minimum Gasteiger partial charge on any atom is -0.299 e. The molecular weight excluding hydrogens is 208 g/mol. The van der Waals surface area contributed by atoms with Gasteiger partial charge < -0.3 is 0 Å². The summed E-state index contributed by atoms with van der Waals surface area (Å²) in [6.07, 6.45) is 9.46. The second-order valence-electron chi connectivity index (χ2n) is 4.94. The molecular formula is C16H20O. The molecule has 0 spiro atoms. The fraction of sp³-hybridized carbons (Fsp3) is 0.438. The SMILES string of the molecule is Cc1ccc(/C=C/C2CCCCCC2=O)cc1. The molecule has 1 aliphatic carbocycles. The molecule has 0 heterocycles. The van der Waals surface area contributed by atoms with Crippen LogP contribution in [0.5, 0.6) is 0 Å². The average molecular weight is 228 g/mol. The van der Waals surface area contributed by atoms with Crippen molar-refractivity contribution in [3.63, 3.8) is 0 Å². The largest absolute Gasteiger partial charge is 0.299 e. The molecule has 17 heavy (non-hydrogen) atoms. The fourth-order valence-electron chi connectivity index (χ4n) is 2.30. The summed E-state index contributed by atoms with van der Waals surface area (Å²) in [5.41, 5.74) is 2.46. The molecule has 0 bridgehead atoms. The average Bonchev–Trinajstić information content (AvgIpc) is 2.54. The lowest BCUT2D eigenvalue weighted by molar-refractivity contribution is -0.121. The first-order chi connectivity index (χ1) is 8.25. The normalized spacial score (nSPS) is 21.7. The topological polar surface area (TPSA) is 17.1 Å². The van der Waals surface area contributed by atoms with Gasteiger partial charge in [0, 0.05) is 12.3 Å². The Hall–Kier alpha value is -1.37. The first kappa shape index (κ1) is 12.1. The van der Waals surface area contributed by atoms with E-state index in [1.807, 2.05) is 0 Å². The zero-order chi connectivity index (χ0) is 12.1. The van der Waals surface area contributed by atoms with Crippen molar-refractivity contribution in [2.75, 3.05) is 0 Å². The van der Waals surface area contributed by atoms with Crippen LogP contribution in [0.25, 0.3) is 6.08 Å². The summed E-state index contributed by atoms with van der Waals surface area (Å²) in [7, 11) is 0. The van der Waals surface area contributed by atoms with Crippen molar-refractivity contribution in [1.82, 2.24) is 0 Å². The number of benzene rings is 1. The fourth-order valence-corrected chi connectivity index (χ4v) is 2.30. The van der Waals surface area contributed by atoms with Gasteiger partial charge in [-0.25, -0.2) is 0 Å². The number of aryl methyl sites for hydroxylation is 1. The van der Waals surface area contributed by atoms with Crippen molar-refractivity contribution in [3.05, 3.63) is 41.5 Å². The van der Waals surface area contributed by atoms with Crippen molar-refractivity contribution in [1.29, 1.82) is 0 Å². The molecule has 1 aromatic carbocycles. The van der Waals surface area contributed by atoms with Gasteiger partial charge in [-0.15, -0.1) is 0 Å². The van der Waals surface area contributed by atoms with Gasteiger partial charge >= 0.3 is 0 Å². The van der Waals surface area contributed by atoms with Crippen LogP contribution in [0.2, 0.25) is 0 Å². The van der Waals surface area contributed by atoms with Gasteiger partial charge in [-0.2, -0.15) is 0 Å². The Bertz CT molecular complexity index is 400. The monoisotopic (exact) mass is 228 g/mol. The van der Waals surface area contributed by atoms with Crippen LogP contribution in [0.1, 0.15) is 43.2 Å². The maximum atomic E-state index is 11.8. The summed E-state index contributed by atoms with van der Waals surface area (Å²) in [4.78, 5) is 11.8. The van der Waals surface area contributed by atoms with E-state index >= 15 is 0 Å². The molecule has 2 rings (SSSR count). The van der Waals surface area contributed by atoms with Crippen molar-refractivity contribution in [2.24, 2.45) is 5.92 Å². The van der Waals surface area contributed by atoms with Crippen molar-refractivity contribution in [3.8, 4) is 0 Å². The molecule has 0 N–H and O–H groups in total. The minimum absolute atomic E-state index is 0.152. The van der Waals surface area contributed by atoms with Crippen molar-refractivity contribution < 1.29 is 4.79 Å². The molecule has 0 aliphatic heterocycles. The lowest BCUT2D eigenvalue weighted by Crippen LogP contribution is -2.09. The number of carbonyl (C=O) groups excluding carboxylic acids is 1. The van der Waals surface area contributed by atoms with Gasteiger partial charge in [-0.3, -0.25) is 4.79 Å². The van der Waals surface area contributed by atoms with Gasteiger partial charge in [0.05, 0.1) is 0 Å². The van der Waals surface area contributed by atoms with E-state index in [-0.39, 0.29) is 5.92 Å². The summed E-state index contributed by atoms with van der Waals surface area (Å²) in [5.74, 6) is 0.574. The van der Waals surface area contributed by atoms with Gasteiger partial charge in [0.15, 0.2) is 0 Å². The number of carbonyl (C=O) groups is 1. The van der Waals surface area contributed by atoms with Crippen LogP contribution >= 0.6 is 0 Å². The number of rotatable bonds is 2. The van der Waals surface area contributed by atoms with E-state index in [1.54, 1.807) is 0 Å². The molecule has 1 aliphatic rings. The molecule has 1 unspecified atom stereocenters. The predicted octanol–water partition coefficient (Wildman–Crippen LogP) is 4.16. The number of hydrogen-bond acceptors (Lipinski definition) is 1. The van der Waals surface area contributed by atoms with Crippen LogP contribution in [-0.2, 0) is 4.79 Å². The van der Waals surface area contributed by atoms with E-state index in [0.29, 0.717) is 5.78 Å². The molecule has 1 heteroatoms. The third kappa shape index (κ3) is 3.55. The van der Waals surface area contributed by atoms with E-state index < -0.39 is 0 Å². The number of hydrogen-bond donors (Lipinski definition) is 0. The molecule has 0 amide bonds. The standard InChI is InChI=1S/C16H20O/c1-13-7-9-14(10-8-13)11-12-15-5-3-2-4-6-16(15)17/h7-12,15H,2-6H2,1H3/b12-11+. The molecule has 1 atom stereocenters. The zero-order valence-corrected chi connectivity index (χ0v) is 10.5. The Kier molecular flexibility index (Phi) is 4.13. The maximum absolute atomic E-state index is 11.8. The Labute approximate surface area is 104 Å². The summed E-state index contributed by atoms with van der Waals surface area (Å²) in [6.45, 7) is 2.09. The second-order valence-corrected chi connectivity index (χ2v) is 4.94. The third-order valence-corrected chi connectivity index (χ3v) is 3.45. The van der Waals surface area contributed by atoms with Gasteiger partial charge in [0.1, 0.15) is 5.78 Å². The number of ketones is 1. The van der Waals surface area contributed by atoms with Gasteiger partial charge in [-0.05, 0) is 25.3 Å². The second kappa shape index (κ2) is 5.81. The molecule has 1 saturated carbocycles. The molecule has 1 nitrogen and oxygen atoms in total. The molecule has 1 aromatic rings. The Morgan fingerprint density at radius 3 is 2.65 bits per heavy atom. The highest BCUT2D eigenvalue weighted by Gasteiger charge is 2.17. The molecule has 0 radical (unpaired) electrons. The molecule has 0 aromatic heterocycles. The highest BCUT2D eigenvalue weighted by Crippen LogP contribution is 2.21. The van der Waals surface area contributed by atoms with Crippen LogP contribution in [0, 0.1) is 12.8 Å². The highest BCUT2D eigenvalue weighted by atomic mass is 16.1. The van der Waals surface area contributed by atoms with Crippen LogP contribution < -0.4 is 0 Å². The Morgan fingerprint density at radius 1 is 1.12 bits per heavy atom. The lowest BCUT2D eigenvalue weighted by atomic mass is 9.97. The van der Waals surface area contributed by atoms with Crippen LogP contribution in [0.15, 0.2) is 30.3 Å². The maximum Gasteiger partial charge on any atom is 0.139 e. The van der Waals surface area contributed by atoms with Crippen molar-refractivity contribution in [2.45, 2.75) is 39.0 Å². The van der Waals surface area contributed by atoms with Gasteiger partial charge in [-0.1, -0.05) is 54.8 Å². The van der Waals surface area contributed by atoms with Crippen LogP contribution in [-0.4, -0.2) is 5.78 Å². The zero-order valence-electron chi connectivity index (χ0n) is 10.5. The van der Waals surface area contributed by atoms with E-state index in [4.69, 9.17) is 0 Å². The first-order valence-electron chi connectivity index (χ1n) is 6.53. The summed E-state index contributed by atoms with van der Waals surface area (Å²) in [5, 5.41) is 0. The van der Waals surface area contributed by atoms with E-state index in [0.717, 1.165) is 19.3 Å². The number of Topliss-reactive ketones (excluding diaryl/α,β-unsaturated/α-hetero) is 1. The molecule has 1 fully saturated rings. The highest BCUT2D eigenvalue weighted by molar-refractivity contribution is 5.83. The Morgan fingerprint density at radius 2 is 1.88 bits per heavy atom. The van der Waals surface area contributed by atoms with E-state index in [9.17, 15) is 4.79 Å². The Balaban J connectivity index is 2.03. The summed E-state index contributed by atoms with van der Waals surface area (Å²) < 4.78 is 0.